The van der Waals surface area contributed by atoms with E-state index in [0.717, 1.165) is 24.6 Å². The number of hydrogen-bond acceptors (Lipinski definition) is 5. The zero-order valence-corrected chi connectivity index (χ0v) is 21.8. The van der Waals surface area contributed by atoms with Gasteiger partial charge in [-0.25, -0.2) is 8.42 Å². The minimum absolute atomic E-state index is 0.00655. The molecule has 7 nitrogen and oxygen atoms in total. The molecule has 0 unspecified atom stereocenters. The van der Waals surface area contributed by atoms with Gasteiger partial charge in [-0.05, 0) is 80.5 Å². The largest absolute Gasteiger partial charge is 0.497 e. The summed E-state index contributed by atoms with van der Waals surface area (Å²) in [5.74, 6) is 1.14. The van der Waals surface area contributed by atoms with Crippen molar-refractivity contribution in [1.29, 1.82) is 0 Å². The van der Waals surface area contributed by atoms with Crippen LogP contribution in [-0.2, 0) is 14.8 Å². The van der Waals surface area contributed by atoms with E-state index >= 15 is 0 Å². The van der Waals surface area contributed by atoms with Crippen molar-refractivity contribution in [2.75, 3.05) is 38.2 Å². The number of ether oxygens (including phenoxy) is 1. The van der Waals surface area contributed by atoms with Crippen LogP contribution in [-0.4, -0.2) is 51.9 Å². The van der Waals surface area contributed by atoms with E-state index in [1.54, 1.807) is 31.4 Å². The van der Waals surface area contributed by atoms with E-state index < -0.39 is 10.0 Å². The Kier molecular flexibility index (Phi) is 8.02. The molecule has 2 saturated heterocycles. The zero-order valence-electron chi connectivity index (χ0n) is 20.9. The lowest BCUT2D eigenvalue weighted by Crippen LogP contribution is -2.43. The molecule has 2 fully saturated rings. The minimum atomic E-state index is -3.58. The third-order valence-corrected chi connectivity index (χ3v) is 9.21. The van der Waals surface area contributed by atoms with Crippen LogP contribution in [0.1, 0.15) is 51.1 Å². The molecule has 35 heavy (non-hydrogen) atoms. The normalized spacial score (nSPS) is 20.9. The Morgan fingerprint density at radius 1 is 1.00 bits per heavy atom. The van der Waals surface area contributed by atoms with Crippen molar-refractivity contribution in [3.05, 3.63) is 54.1 Å². The van der Waals surface area contributed by atoms with Crippen LogP contribution in [0.2, 0.25) is 0 Å². The van der Waals surface area contributed by atoms with E-state index in [9.17, 15) is 13.2 Å². The van der Waals surface area contributed by atoms with Gasteiger partial charge in [-0.1, -0.05) is 19.1 Å². The van der Waals surface area contributed by atoms with Gasteiger partial charge in [0, 0.05) is 37.8 Å². The molecule has 190 valence electrons. The fourth-order valence-electron chi connectivity index (χ4n) is 5.07. The highest BCUT2D eigenvalue weighted by Crippen LogP contribution is 2.27. The molecule has 2 aliphatic heterocycles. The Morgan fingerprint density at radius 2 is 1.66 bits per heavy atom. The summed E-state index contributed by atoms with van der Waals surface area (Å²) in [5.41, 5.74) is 2.32. The number of carbonyl (C=O) groups excluding carboxylic acids is 1. The molecular formula is C27H37N3O4S. The van der Waals surface area contributed by atoms with Gasteiger partial charge < -0.3 is 15.0 Å². The second kappa shape index (κ2) is 11.0. The number of nitrogens with one attached hydrogen (secondary N) is 1. The molecule has 8 heteroatoms. The average molecular weight is 500 g/mol. The molecule has 1 N–H and O–H groups in total. The number of hydrogen-bond donors (Lipinski definition) is 1. The topological polar surface area (TPSA) is 79.0 Å². The summed E-state index contributed by atoms with van der Waals surface area (Å²) in [6.07, 6.45) is 3.56. The van der Waals surface area contributed by atoms with E-state index in [-0.39, 0.29) is 22.8 Å². The summed E-state index contributed by atoms with van der Waals surface area (Å²) in [4.78, 5) is 15.6. The maximum Gasteiger partial charge on any atom is 0.243 e. The predicted molar refractivity (Wildman–Crippen MR) is 138 cm³/mol. The SMILES string of the molecule is COc1ccc(S(=O)(=O)N2CCC(C(=O)N[C@H](C)c3ccc(N4CCC[C@@H](C)C4)cc3)CC2)cc1. The summed E-state index contributed by atoms with van der Waals surface area (Å²) in [5, 5.41) is 3.14. The number of amides is 1. The molecule has 2 atom stereocenters. The Balaban J connectivity index is 1.29. The highest BCUT2D eigenvalue weighted by Gasteiger charge is 2.32. The van der Waals surface area contributed by atoms with E-state index in [1.165, 1.54) is 22.8 Å². The molecule has 0 spiro atoms. The van der Waals surface area contributed by atoms with Gasteiger partial charge in [0.1, 0.15) is 5.75 Å². The molecule has 0 aromatic heterocycles. The monoisotopic (exact) mass is 499 g/mol. The van der Waals surface area contributed by atoms with Gasteiger partial charge in [0.05, 0.1) is 18.0 Å². The van der Waals surface area contributed by atoms with Crippen molar-refractivity contribution in [3.63, 3.8) is 0 Å². The standard InChI is InChI=1S/C27H37N3O4S/c1-20-5-4-16-29(19-20)24-8-6-22(7-9-24)21(2)28-27(31)23-14-17-30(18-15-23)35(32,33)26-12-10-25(34-3)11-13-26/h6-13,20-21,23H,4-5,14-19H2,1-3H3,(H,28,31)/t20-,21-/m1/s1. The summed E-state index contributed by atoms with van der Waals surface area (Å²) in [7, 11) is -2.03. The van der Waals surface area contributed by atoms with Crippen LogP contribution in [0.25, 0.3) is 0 Å². The van der Waals surface area contributed by atoms with Crippen molar-refractivity contribution < 1.29 is 17.9 Å². The molecule has 1 amide bonds. The summed E-state index contributed by atoms with van der Waals surface area (Å²) in [6, 6.07) is 14.8. The molecule has 0 aliphatic carbocycles. The maximum absolute atomic E-state index is 13.0. The van der Waals surface area contributed by atoms with Gasteiger partial charge in [-0.15, -0.1) is 0 Å². The Labute approximate surface area is 209 Å². The van der Waals surface area contributed by atoms with Crippen molar-refractivity contribution in [2.24, 2.45) is 11.8 Å². The number of sulfonamides is 1. The second-order valence-electron chi connectivity index (χ2n) is 9.87. The summed E-state index contributed by atoms with van der Waals surface area (Å²) < 4.78 is 32.5. The highest BCUT2D eigenvalue weighted by atomic mass is 32.2. The molecule has 0 bridgehead atoms. The molecule has 2 aromatic rings. The number of piperidine rings is 2. The number of rotatable bonds is 7. The first kappa shape index (κ1) is 25.5. The quantitative estimate of drug-likeness (QED) is 0.617. The molecule has 0 saturated carbocycles. The lowest BCUT2D eigenvalue weighted by molar-refractivity contribution is -0.126. The van der Waals surface area contributed by atoms with Crippen LogP contribution >= 0.6 is 0 Å². The van der Waals surface area contributed by atoms with Crippen LogP contribution < -0.4 is 15.0 Å². The van der Waals surface area contributed by atoms with Gasteiger partial charge >= 0.3 is 0 Å². The van der Waals surface area contributed by atoms with Crippen molar-refractivity contribution in [3.8, 4) is 5.75 Å². The van der Waals surface area contributed by atoms with Crippen LogP contribution in [0, 0.1) is 11.8 Å². The number of carbonyl (C=O) groups is 1. The molecule has 2 aromatic carbocycles. The third-order valence-electron chi connectivity index (χ3n) is 7.30. The van der Waals surface area contributed by atoms with E-state index in [0.29, 0.717) is 31.7 Å². The lowest BCUT2D eigenvalue weighted by Gasteiger charge is -2.33. The van der Waals surface area contributed by atoms with Crippen LogP contribution in [0.5, 0.6) is 5.75 Å². The number of methoxy groups -OCH3 is 1. The van der Waals surface area contributed by atoms with Crippen molar-refractivity contribution in [2.45, 2.75) is 50.5 Å². The minimum Gasteiger partial charge on any atom is -0.497 e. The molecule has 4 rings (SSSR count). The van der Waals surface area contributed by atoms with Crippen LogP contribution in [0.3, 0.4) is 0 Å². The number of nitrogens with zero attached hydrogens (tertiary/aromatic N) is 2. The van der Waals surface area contributed by atoms with Gasteiger partial charge in [0.15, 0.2) is 0 Å². The van der Waals surface area contributed by atoms with Crippen LogP contribution in [0.4, 0.5) is 5.69 Å². The fraction of sp³-hybridized carbons (Fsp3) is 0.519. The van der Waals surface area contributed by atoms with Crippen LogP contribution in [0.15, 0.2) is 53.4 Å². The molecular weight excluding hydrogens is 462 g/mol. The molecule has 2 aliphatic rings. The first-order chi connectivity index (χ1) is 16.8. The van der Waals surface area contributed by atoms with E-state index in [1.807, 2.05) is 6.92 Å². The Morgan fingerprint density at radius 3 is 2.26 bits per heavy atom. The first-order valence-corrected chi connectivity index (χ1v) is 14.0. The number of benzene rings is 2. The number of anilines is 1. The van der Waals surface area contributed by atoms with Gasteiger partial charge in [0.25, 0.3) is 0 Å². The molecule has 2 heterocycles. The lowest BCUT2D eigenvalue weighted by atomic mass is 9.96. The first-order valence-electron chi connectivity index (χ1n) is 12.6. The van der Waals surface area contributed by atoms with Gasteiger partial charge in [0.2, 0.25) is 15.9 Å². The third kappa shape index (κ3) is 5.98. The smallest absolute Gasteiger partial charge is 0.243 e. The Hall–Kier alpha value is -2.58. The van der Waals surface area contributed by atoms with Gasteiger partial charge in [-0.2, -0.15) is 4.31 Å². The molecule has 0 radical (unpaired) electrons. The predicted octanol–water partition coefficient (Wildman–Crippen LogP) is 4.21. The highest BCUT2D eigenvalue weighted by molar-refractivity contribution is 7.89. The summed E-state index contributed by atoms with van der Waals surface area (Å²) in [6.45, 7) is 7.17. The van der Waals surface area contributed by atoms with E-state index in [2.05, 4.69) is 41.4 Å². The average Bonchev–Trinajstić information content (AvgIpc) is 2.89. The summed E-state index contributed by atoms with van der Waals surface area (Å²) >= 11 is 0. The Bertz CT molecular complexity index is 1090. The van der Waals surface area contributed by atoms with Gasteiger partial charge in [-0.3, -0.25) is 4.79 Å². The second-order valence-corrected chi connectivity index (χ2v) is 11.8. The zero-order chi connectivity index (χ0) is 25.0. The van der Waals surface area contributed by atoms with E-state index in [4.69, 9.17) is 4.74 Å². The van der Waals surface area contributed by atoms with Crippen molar-refractivity contribution >= 4 is 21.6 Å². The maximum atomic E-state index is 13.0. The fourth-order valence-corrected chi connectivity index (χ4v) is 6.54. The van der Waals surface area contributed by atoms with Crippen molar-refractivity contribution in [1.82, 2.24) is 9.62 Å².